The zero-order chi connectivity index (χ0) is 14.9. The van der Waals surface area contributed by atoms with Crippen LogP contribution in [-0.4, -0.2) is 49.6 Å². The number of Topliss-reactive ketones (excluding diaryl/α,β-unsaturated/α-hetero) is 1. The van der Waals surface area contributed by atoms with E-state index in [1.165, 1.54) is 0 Å². The number of sulfonamides is 1. The number of ketones is 1. The molecule has 2 saturated heterocycles. The fraction of sp³-hybridized carbons (Fsp3) is 0.933. The Morgan fingerprint density at radius 2 is 1.95 bits per heavy atom. The molecule has 0 amide bonds. The van der Waals surface area contributed by atoms with Gasteiger partial charge < -0.3 is 4.74 Å². The third-order valence-corrected chi connectivity index (χ3v) is 7.05. The minimum Gasteiger partial charge on any atom is -0.377 e. The van der Waals surface area contributed by atoms with Crippen molar-refractivity contribution in [2.45, 2.75) is 63.5 Å². The lowest BCUT2D eigenvalue weighted by molar-refractivity contribution is -0.126. The smallest absolute Gasteiger partial charge is 0.216 e. The van der Waals surface area contributed by atoms with Gasteiger partial charge in [0, 0.05) is 31.5 Å². The van der Waals surface area contributed by atoms with Crippen LogP contribution in [0.15, 0.2) is 0 Å². The molecule has 3 unspecified atom stereocenters. The van der Waals surface area contributed by atoms with Gasteiger partial charge in [-0.3, -0.25) is 4.79 Å². The van der Waals surface area contributed by atoms with Crippen LogP contribution in [0.4, 0.5) is 0 Å². The molecule has 3 rings (SSSR count). The summed E-state index contributed by atoms with van der Waals surface area (Å²) in [6.07, 6.45) is 6.83. The summed E-state index contributed by atoms with van der Waals surface area (Å²) in [5.41, 5.74) is 0. The highest BCUT2D eigenvalue weighted by Gasteiger charge is 2.42. The van der Waals surface area contributed by atoms with Crippen molar-refractivity contribution in [1.82, 2.24) is 4.31 Å². The Morgan fingerprint density at radius 1 is 1.10 bits per heavy atom. The van der Waals surface area contributed by atoms with E-state index in [2.05, 4.69) is 0 Å². The molecule has 1 aliphatic carbocycles. The highest BCUT2D eigenvalue weighted by molar-refractivity contribution is 7.89. The van der Waals surface area contributed by atoms with Crippen LogP contribution in [0, 0.1) is 5.92 Å². The molecule has 0 bridgehead atoms. The molecule has 1 saturated carbocycles. The maximum atomic E-state index is 12.7. The maximum Gasteiger partial charge on any atom is 0.216 e. The Morgan fingerprint density at radius 3 is 2.67 bits per heavy atom. The zero-order valence-electron chi connectivity index (χ0n) is 12.5. The van der Waals surface area contributed by atoms with Crippen LogP contribution in [-0.2, 0) is 19.6 Å². The molecule has 2 aliphatic heterocycles. The molecular weight excluding hydrogens is 290 g/mol. The van der Waals surface area contributed by atoms with E-state index in [1.54, 1.807) is 4.31 Å². The number of hydrogen-bond donors (Lipinski definition) is 0. The van der Waals surface area contributed by atoms with Crippen LogP contribution < -0.4 is 0 Å². The lowest BCUT2D eigenvalue weighted by Gasteiger charge is -2.32. The molecule has 3 fully saturated rings. The molecule has 3 aliphatic rings. The largest absolute Gasteiger partial charge is 0.377 e. The average molecular weight is 315 g/mol. The maximum absolute atomic E-state index is 12.7. The first-order valence-electron chi connectivity index (χ1n) is 8.22. The molecular formula is C15H25NO4S. The number of rotatable bonds is 4. The Hall–Kier alpha value is -0.460. The summed E-state index contributed by atoms with van der Waals surface area (Å²) in [4.78, 5) is 12.2. The van der Waals surface area contributed by atoms with Crippen LogP contribution in [0.25, 0.3) is 0 Å². The van der Waals surface area contributed by atoms with E-state index in [-0.39, 0.29) is 29.6 Å². The minimum absolute atomic E-state index is 0.0690. The van der Waals surface area contributed by atoms with Crippen molar-refractivity contribution in [3.8, 4) is 0 Å². The van der Waals surface area contributed by atoms with Gasteiger partial charge in [-0.15, -0.1) is 0 Å². The molecule has 21 heavy (non-hydrogen) atoms. The van der Waals surface area contributed by atoms with Gasteiger partial charge >= 0.3 is 0 Å². The number of hydrogen-bond acceptors (Lipinski definition) is 4. The van der Waals surface area contributed by atoms with Gasteiger partial charge in [-0.05, 0) is 38.5 Å². The number of nitrogens with zero attached hydrogens (tertiary/aromatic N) is 1. The summed E-state index contributed by atoms with van der Waals surface area (Å²) in [5, 5.41) is 0. The molecule has 2 heterocycles. The molecule has 120 valence electrons. The topological polar surface area (TPSA) is 63.7 Å². The van der Waals surface area contributed by atoms with Crippen LogP contribution in [0.1, 0.15) is 51.4 Å². The Kier molecular flexibility index (Phi) is 4.66. The first-order valence-corrected chi connectivity index (χ1v) is 9.83. The van der Waals surface area contributed by atoms with Gasteiger partial charge in [0.2, 0.25) is 10.0 Å². The van der Waals surface area contributed by atoms with Crippen LogP contribution in [0.3, 0.4) is 0 Å². The SMILES string of the molecule is O=C1CCCCC1C1CCCN1S(=O)(=O)CC1CCCO1. The third-order valence-electron chi connectivity index (χ3n) is 5.09. The van der Waals surface area contributed by atoms with Crippen LogP contribution >= 0.6 is 0 Å². The standard InChI is InChI=1S/C15H25NO4S/c17-15-8-2-1-6-13(15)14-7-3-9-16(14)21(18,19)11-12-5-4-10-20-12/h12-14H,1-11H2. The van der Waals surface area contributed by atoms with Gasteiger partial charge in [0.15, 0.2) is 0 Å². The highest BCUT2D eigenvalue weighted by atomic mass is 32.2. The third kappa shape index (κ3) is 3.32. The molecule has 0 aromatic carbocycles. The van der Waals surface area contributed by atoms with E-state index in [9.17, 15) is 13.2 Å². The molecule has 0 N–H and O–H groups in total. The molecule has 0 aromatic heterocycles. The monoisotopic (exact) mass is 315 g/mol. The molecule has 0 aromatic rings. The first kappa shape index (κ1) is 15.4. The Balaban J connectivity index is 1.71. The quantitative estimate of drug-likeness (QED) is 0.792. The number of carbonyl (C=O) groups excluding carboxylic acids is 1. The Labute approximate surface area is 127 Å². The van der Waals surface area contributed by atoms with Crippen molar-refractivity contribution in [3.63, 3.8) is 0 Å². The van der Waals surface area contributed by atoms with Gasteiger partial charge in [-0.25, -0.2) is 8.42 Å². The summed E-state index contributed by atoms with van der Waals surface area (Å²) < 4.78 is 32.5. The second-order valence-corrected chi connectivity index (χ2v) is 8.52. The second-order valence-electron chi connectivity index (χ2n) is 6.55. The van der Waals surface area contributed by atoms with Crippen molar-refractivity contribution >= 4 is 15.8 Å². The number of carbonyl (C=O) groups is 1. The van der Waals surface area contributed by atoms with Crippen molar-refractivity contribution in [1.29, 1.82) is 0 Å². The molecule has 3 atom stereocenters. The van der Waals surface area contributed by atoms with E-state index in [4.69, 9.17) is 4.74 Å². The molecule has 0 radical (unpaired) electrons. The van der Waals surface area contributed by atoms with E-state index in [1.807, 2.05) is 0 Å². The summed E-state index contributed by atoms with van der Waals surface area (Å²) in [6, 6.07) is -0.0933. The normalized spacial score (nSPS) is 35.4. The first-order chi connectivity index (χ1) is 10.1. The Bertz CT molecular complexity index is 484. The molecule has 0 spiro atoms. The van der Waals surface area contributed by atoms with Crippen molar-refractivity contribution in [2.75, 3.05) is 18.9 Å². The second kappa shape index (κ2) is 6.34. The van der Waals surface area contributed by atoms with Gasteiger partial charge in [0.25, 0.3) is 0 Å². The summed E-state index contributed by atoms with van der Waals surface area (Å²) in [7, 11) is -3.31. The van der Waals surface area contributed by atoms with Crippen molar-refractivity contribution in [3.05, 3.63) is 0 Å². The molecule has 6 heteroatoms. The lowest BCUT2D eigenvalue weighted by Crippen LogP contribution is -2.45. The average Bonchev–Trinajstić information content (AvgIpc) is 3.09. The fourth-order valence-corrected chi connectivity index (χ4v) is 6.03. The minimum atomic E-state index is -3.31. The zero-order valence-corrected chi connectivity index (χ0v) is 13.3. The summed E-state index contributed by atoms with van der Waals surface area (Å²) in [6.45, 7) is 1.24. The fourth-order valence-electron chi connectivity index (χ4n) is 4.04. The molecule has 5 nitrogen and oxygen atoms in total. The predicted octanol–water partition coefficient (Wildman–Crippen LogP) is 1.72. The van der Waals surface area contributed by atoms with Crippen LogP contribution in [0.2, 0.25) is 0 Å². The van der Waals surface area contributed by atoms with Gasteiger partial charge in [0.05, 0.1) is 11.9 Å². The van der Waals surface area contributed by atoms with E-state index in [0.717, 1.165) is 44.9 Å². The summed E-state index contributed by atoms with van der Waals surface area (Å²) in [5.74, 6) is 0.288. The van der Waals surface area contributed by atoms with Gasteiger partial charge in [-0.2, -0.15) is 4.31 Å². The van der Waals surface area contributed by atoms with E-state index in [0.29, 0.717) is 19.6 Å². The van der Waals surface area contributed by atoms with Gasteiger partial charge in [0.1, 0.15) is 5.78 Å². The van der Waals surface area contributed by atoms with E-state index < -0.39 is 10.0 Å². The predicted molar refractivity (Wildman–Crippen MR) is 79.5 cm³/mol. The van der Waals surface area contributed by atoms with Gasteiger partial charge in [-0.1, -0.05) is 6.42 Å². The lowest BCUT2D eigenvalue weighted by atomic mass is 9.82. The van der Waals surface area contributed by atoms with Crippen LogP contribution in [0.5, 0.6) is 0 Å². The van der Waals surface area contributed by atoms with E-state index >= 15 is 0 Å². The highest BCUT2D eigenvalue weighted by Crippen LogP contribution is 2.34. The summed E-state index contributed by atoms with van der Waals surface area (Å²) >= 11 is 0. The van der Waals surface area contributed by atoms with Crippen molar-refractivity contribution < 1.29 is 17.9 Å². The number of ether oxygens (including phenoxy) is 1. The van der Waals surface area contributed by atoms with Crippen molar-refractivity contribution in [2.24, 2.45) is 5.92 Å².